The zero-order chi connectivity index (χ0) is 19.3. The smallest absolute Gasteiger partial charge is 0.363 e. The van der Waals surface area contributed by atoms with Gasteiger partial charge in [-0.2, -0.15) is 18.3 Å². The summed E-state index contributed by atoms with van der Waals surface area (Å²) in [6.45, 7) is 2.84. The van der Waals surface area contributed by atoms with Crippen molar-refractivity contribution < 1.29 is 17.6 Å². The van der Waals surface area contributed by atoms with Gasteiger partial charge in [0, 0.05) is 19.6 Å². The minimum Gasteiger partial charge on any atom is -0.363 e. The Kier molecular flexibility index (Phi) is 6.99. The van der Waals surface area contributed by atoms with Crippen molar-refractivity contribution in [2.75, 3.05) is 6.54 Å². The predicted molar refractivity (Wildman–Crippen MR) is 98.1 cm³/mol. The molecule has 0 saturated heterocycles. The van der Waals surface area contributed by atoms with Crippen LogP contribution in [0.3, 0.4) is 0 Å². The number of hydrogen-bond donors (Lipinski definition) is 2. The first-order valence-corrected chi connectivity index (χ1v) is 8.95. The van der Waals surface area contributed by atoms with E-state index in [0.29, 0.717) is 36.9 Å². The second kappa shape index (κ2) is 8.81. The lowest BCUT2D eigenvalue weighted by Crippen LogP contribution is -2.35. The van der Waals surface area contributed by atoms with Crippen LogP contribution in [0, 0.1) is 12.7 Å². The zero-order valence-electron chi connectivity index (χ0n) is 13.8. The lowest BCUT2D eigenvalue weighted by Gasteiger charge is -2.11. The van der Waals surface area contributed by atoms with Crippen LogP contribution in [0.1, 0.15) is 23.4 Å². The van der Waals surface area contributed by atoms with Crippen LogP contribution >= 0.6 is 28.1 Å². The third kappa shape index (κ3) is 5.66. The van der Waals surface area contributed by atoms with E-state index in [1.165, 1.54) is 16.8 Å². The van der Waals surface area contributed by atoms with Crippen molar-refractivity contribution in [1.82, 2.24) is 20.4 Å². The van der Waals surface area contributed by atoms with E-state index in [1.54, 1.807) is 19.1 Å². The Morgan fingerprint density at radius 3 is 2.46 bits per heavy atom. The Morgan fingerprint density at radius 2 is 1.88 bits per heavy atom. The largest absolute Gasteiger partial charge is 0.436 e. The molecule has 0 atom stereocenters. The zero-order valence-corrected chi connectivity index (χ0v) is 16.2. The summed E-state index contributed by atoms with van der Waals surface area (Å²) in [6, 6.07) is 6.05. The topological polar surface area (TPSA) is 41.9 Å². The number of aromatic nitrogens is 2. The van der Waals surface area contributed by atoms with Crippen LogP contribution in [0.25, 0.3) is 0 Å². The van der Waals surface area contributed by atoms with Gasteiger partial charge in [-0.25, -0.2) is 4.39 Å². The van der Waals surface area contributed by atoms with Gasteiger partial charge in [-0.3, -0.25) is 4.68 Å². The third-order valence-corrected chi connectivity index (χ3v) is 4.84. The monoisotopic (exact) mass is 452 g/mol. The minimum atomic E-state index is -4.49. The molecule has 0 fully saturated rings. The van der Waals surface area contributed by atoms with E-state index < -0.39 is 11.9 Å². The maximum Gasteiger partial charge on any atom is 0.436 e. The molecule has 1 aromatic carbocycles. The van der Waals surface area contributed by atoms with Crippen molar-refractivity contribution >= 4 is 33.3 Å². The number of aryl methyl sites for hydroxylation is 1. The molecule has 0 aliphatic rings. The van der Waals surface area contributed by atoms with E-state index in [4.69, 9.17) is 12.2 Å². The highest BCUT2D eigenvalue weighted by Gasteiger charge is 2.37. The summed E-state index contributed by atoms with van der Waals surface area (Å²) < 4.78 is 52.6. The van der Waals surface area contributed by atoms with E-state index in [-0.39, 0.29) is 10.3 Å². The van der Waals surface area contributed by atoms with Crippen LogP contribution in [0.5, 0.6) is 0 Å². The van der Waals surface area contributed by atoms with Gasteiger partial charge in [-0.1, -0.05) is 12.1 Å². The van der Waals surface area contributed by atoms with Crippen molar-refractivity contribution in [1.29, 1.82) is 0 Å². The van der Waals surface area contributed by atoms with E-state index in [0.717, 1.165) is 5.56 Å². The van der Waals surface area contributed by atoms with Gasteiger partial charge in [-0.15, -0.1) is 0 Å². The fourth-order valence-electron chi connectivity index (χ4n) is 2.20. The van der Waals surface area contributed by atoms with Crippen LogP contribution in [-0.2, 0) is 19.3 Å². The molecular weight excluding hydrogens is 436 g/mol. The number of nitrogens with one attached hydrogen (secondary N) is 2. The van der Waals surface area contributed by atoms with Crippen LogP contribution < -0.4 is 10.6 Å². The Hall–Kier alpha value is -1.68. The Labute approximate surface area is 162 Å². The number of nitrogens with zero attached hydrogens (tertiary/aromatic N) is 2. The summed E-state index contributed by atoms with van der Waals surface area (Å²) in [5, 5.41) is 10.00. The van der Waals surface area contributed by atoms with E-state index in [2.05, 4.69) is 31.7 Å². The van der Waals surface area contributed by atoms with E-state index in [1.807, 2.05) is 0 Å². The van der Waals surface area contributed by atoms with Gasteiger partial charge >= 0.3 is 6.18 Å². The molecule has 0 saturated carbocycles. The molecule has 142 valence electrons. The van der Waals surface area contributed by atoms with Gasteiger partial charge in [0.25, 0.3) is 0 Å². The highest BCUT2D eigenvalue weighted by molar-refractivity contribution is 9.10. The molecule has 0 radical (unpaired) electrons. The quantitative estimate of drug-likeness (QED) is 0.392. The van der Waals surface area contributed by atoms with Crippen LogP contribution in [0.2, 0.25) is 0 Å². The fraction of sp³-hybridized carbons (Fsp3) is 0.375. The second-order valence-corrected chi connectivity index (χ2v) is 6.76. The van der Waals surface area contributed by atoms with Gasteiger partial charge in [0.2, 0.25) is 0 Å². The summed E-state index contributed by atoms with van der Waals surface area (Å²) in [7, 11) is 0. The Morgan fingerprint density at radius 1 is 1.23 bits per heavy atom. The lowest BCUT2D eigenvalue weighted by atomic mass is 10.2. The molecule has 4 nitrogen and oxygen atoms in total. The van der Waals surface area contributed by atoms with Gasteiger partial charge in [0.05, 0.1) is 10.2 Å². The highest BCUT2D eigenvalue weighted by atomic mass is 79.9. The second-order valence-electron chi connectivity index (χ2n) is 5.56. The summed E-state index contributed by atoms with van der Waals surface area (Å²) in [6.07, 6.45) is -3.94. The molecule has 2 aromatic rings. The predicted octanol–water partition coefficient (Wildman–Crippen LogP) is 4.17. The molecule has 0 spiro atoms. The minimum absolute atomic E-state index is 0.0329. The van der Waals surface area contributed by atoms with Crippen molar-refractivity contribution in [3.8, 4) is 0 Å². The first-order chi connectivity index (χ1) is 12.2. The molecule has 1 heterocycles. The number of hydrogen-bond acceptors (Lipinski definition) is 2. The number of benzene rings is 1. The molecule has 0 unspecified atom stereocenters. The Bertz CT molecular complexity index is 759. The van der Waals surface area contributed by atoms with Crippen molar-refractivity contribution in [2.24, 2.45) is 0 Å². The summed E-state index contributed by atoms with van der Waals surface area (Å²) in [5.74, 6) is -0.302. The number of rotatable bonds is 6. The normalized spacial score (nSPS) is 11.5. The first-order valence-electron chi connectivity index (χ1n) is 7.74. The van der Waals surface area contributed by atoms with Gasteiger partial charge in [0.1, 0.15) is 5.82 Å². The average Bonchev–Trinajstić information content (AvgIpc) is 2.86. The molecule has 0 amide bonds. The molecule has 1 aromatic heterocycles. The van der Waals surface area contributed by atoms with Crippen LogP contribution in [0.4, 0.5) is 17.6 Å². The van der Waals surface area contributed by atoms with Gasteiger partial charge in [-0.05, 0) is 59.2 Å². The molecule has 10 heteroatoms. The summed E-state index contributed by atoms with van der Waals surface area (Å²) >= 11 is 8.08. The lowest BCUT2D eigenvalue weighted by molar-refractivity contribution is -0.142. The standard InChI is InChI=1S/C16H17BrF4N4S/c1-10-13(17)14(16(19,20)21)24-25(10)8-2-7-22-15(26)23-9-11-3-5-12(18)6-4-11/h3-6H,2,7-9H2,1H3,(H2,22,23,26). The van der Waals surface area contributed by atoms with Crippen molar-refractivity contribution in [3.63, 3.8) is 0 Å². The third-order valence-electron chi connectivity index (χ3n) is 3.60. The first kappa shape index (κ1) is 20.6. The Balaban J connectivity index is 1.75. The number of thiocarbonyl (C=S) groups is 1. The average molecular weight is 453 g/mol. The highest BCUT2D eigenvalue weighted by Crippen LogP contribution is 2.35. The summed E-state index contributed by atoms with van der Waals surface area (Å²) in [5.41, 5.74) is 0.390. The molecule has 26 heavy (non-hydrogen) atoms. The van der Waals surface area contributed by atoms with E-state index >= 15 is 0 Å². The fourth-order valence-corrected chi connectivity index (χ4v) is 2.88. The molecule has 0 bridgehead atoms. The van der Waals surface area contributed by atoms with Crippen LogP contribution in [-0.4, -0.2) is 21.4 Å². The maximum atomic E-state index is 12.8. The van der Waals surface area contributed by atoms with Crippen LogP contribution in [0.15, 0.2) is 28.7 Å². The van der Waals surface area contributed by atoms with Gasteiger partial charge in [0.15, 0.2) is 10.8 Å². The van der Waals surface area contributed by atoms with Crippen molar-refractivity contribution in [2.45, 2.75) is 32.6 Å². The number of alkyl halides is 3. The summed E-state index contributed by atoms with van der Waals surface area (Å²) in [4.78, 5) is 0. The molecule has 2 rings (SSSR count). The maximum absolute atomic E-state index is 12.8. The molecular formula is C16H17BrF4N4S. The molecule has 2 N–H and O–H groups in total. The van der Waals surface area contributed by atoms with Gasteiger partial charge < -0.3 is 10.6 Å². The SMILES string of the molecule is Cc1c(Br)c(C(F)(F)F)nn1CCCNC(=S)NCc1ccc(F)cc1. The number of halogens is 5. The molecule has 0 aliphatic carbocycles. The van der Waals surface area contributed by atoms with E-state index in [9.17, 15) is 17.6 Å². The molecule has 0 aliphatic heterocycles. The van der Waals surface area contributed by atoms with Crippen molar-refractivity contribution in [3.05, 3.63) is 51.5 Å².